The van der Waals surface area contributed by atoms with Gasteiger partial charge >= 0.3 is 0 Å². The van der Waals surface area contributed by atoms with E-state index in [-0.39, 0.29) is 10.5 Å². The van der Waals surface area contributed by atoms with Crippen LogP contribution in [0.25, 0.3) is 23.0 Å². The molecule has 0 aliphatic rings. The summed E-state index contributed by atoms with van der Waals surface area (Å²) in [4.78, 5) is 13.1. The molecule has 0 spiro atoms. The van der Waals surface area contributed by atoms with Gasteiger partial charge in [-0.1, -0.05) is 61.9 Å². The molecule has 1 heterocycles. The number of hydrogen-bond acceptors (Lipinski definition) is 5. The van der Waals surface area contributed by atoms with Crippen molar-refractivity contribution in [2.75, 3.05) is 18.4 Å². The quantitative estimate of drug-likeness (QED) is 0.226. The molecular formula is C30H29N5O3S. The zero-order chi connectivity index (χ0) is 28.0. The number of nitriles is 1. The summed E-state index contributed by atoms with van der Waals surface area (Å²) in [5, 5.41) is 17.3. The Morgan fingerprint density at radius 1 is 1.03 bits per heavy atom. The molecule has 0 aliphatic heterocycles. The molecule has 1 amide bonds. The van der Waals surface area contributed by atoms with Crippen LogP contribution in [0, 0.1) is 18.3 Å². The van der Waals surface area contributed by atoms with Crippen molar-refractivity contribution in [2.45, 2.75) is 25.7 Å². The van der Waals surface area contributed by atoms with E-state index >= 15 is 0 Å². The summed E-state index contributed by atoms with van der Waals surface area (Å²) in [6.45, 7) is 6.23. The Morgan fingerprint density at radius 2 is 1.72 bits per heavy atom. The smallest absolute Gasteiger partial charge is 0.266 e. The molecule has 0 saturated carbocycles. The first-order chi connectivity index (χ1) is 18.8. The molecule has 0 radical (unpaired) electrons. The third kappa shape index (κ3) is 6.14. The topological polar surface area (TPSA) is 108 Å². The number of carbonyl (C=O) groups is 1. The molecule has 8 nitrogen and oxygen atoms in total. The van der Waals surface area contributed by atoms with E-state index in [1.54, 1.807) is 61.1 Å². The molecule has 4 aromatic rings. The zero-order valence-corrected chi connectivity index (χ0v) is 22.8. The van der Waals surface area contributed by atoms with E-state index in [0.29, 0.717) is 35.6 Å². The van der Waals surface area contributed by atoms with E-state index < -0.39 is 15.9 Å². The molecule has 0 bridgehead atoms. The second kappa shape index (κ2) is 11.9. The standard InChI is InChI=1S/C30H29N5O3S/c1-4-34(5-2)39(37,38)28-13-9-10-23(19-28)29-25(21-35(33-29)27-11-7-6-8-12-27)18-24(20-31)30(36)32-26-16-14-22(3)15-17-26/h6-19,21H,4-5H2,1-3H3,(H,32,36). The van der Waals surface area contributed by atoms with Gasteiger partial charge in [-0.25, -0.2) is 13.1 Å². The maximum atomic E-state index is 13.2. The molecule has 0 saturated heterocycles. The largest absolute Gasteiger partial charge is 0.321 e. The lowest BCUT2D eigenvalue weighted by molar-refractivity contribution is -0.112. The van der Waals surface area contributed by atoms with E-state index in [0.717, 1.165) is 11.3 Å². The molecule has 1 N–H and O–H groups in total. The predicted molar refractivity (Wildman–Crippen MR) is 153 cm³/mol. The van der Waals surface area contributed by atoms with E-state index in [4.69, 9.17) is 5.10 Å². The highest BCUT2D eigenvalue weighted by Crippen LogP contribution is 2.29. The fourth-order valence-corrected chi connectivity index (χ4v) is 5.59. The van der Waals surface area contributed by atoms with Crippen LogP contribution in [0.5, 0.6) is 0 Å². The van der Waals surface area contributed by atoms with E-state index in [2.05, 4.69) is 5.32 Å². The highest BCUT2D eigenvalue weighted by molar-refractivity contribution is 7.89. The second-order valence-electron chi connectivity index (χ2n) is 8.82. The van der Waals surface area contributed by atoms with Crippen LogP contribution in [-0.4, -0.2) is 41.5 Å². The van der Waals surface area contributed by atoms with E-state index in [9.17, 15) is 18.5 Å². The number of sulfonamides is 1. The minimum absolute atomic E-state index is 0.114. The Balaban J connectivity index is 1.80. The van der Waals surface area contributed by atoms with Crippen LogP contribution >= 0.6 is 0 Å². The van der Waals surface area contributed by atoms with E-state index in [1.165, 1.54) is 10.4 Å². The minimum atomic E-state index is -3.70. The van der Waals surface area contributed by atoms with Gasteiger partial charge in [0, 0.05) is 36.1 Å². The van der Waals surface area contributed by atoms with Gasteiger partial charge < -0.3 is 5.32 Å². The number of nitrogens with one attached hydrogen (secondary N) is 1. The van der Waals surface area contributed by atoms with Gasteiger partial charge in [0.1, 0.15) is 17.3 Å². The number of aromatic nitrogens is 2. The number of rotatable bonds is 9. The number of aryl methyl sites for hydroxylation is 1. The monoisotopic (exact) mass is 539 g/mol. The molecule has 198 valence electrons. The predicted octanol–water partition coefficient (Wildman–Crippen LogP) is 5.42. The summed E-state index contributed by atoms with van der Waals surface area (Å²) in [6.07, 6.45) is 3.18. The van der Waals surface area contributed by atoms with Gasteiger partial charge in [-0.3, -0.25) is 4.79 Å². The summed E-state index contributed by atoms with van der Waals surface area (Å²) >= 11 is 0. The van der Waals surface area contributed by atoms with Crippen LogP contribution in [0.3, 0.4) is 0 Å². The number of amides is 1. The van der Waals surface area contributed by atoms with Gasteiger partial charge in [0.05, 0.1) is 10.6 Å². The average Bonchev–Trinajstić information content (AvgIpc) is 3.38. The van der Waals surface area contributed by atoms with Crippen LogP contribution in [0.1, 0.15) is 25.0 Å². The lowest BCUT2D eigenvalue weighted by atomic mass is 10.1. The molecule has 39 heavy (non-hydrogen) atoms. The van der Waals surface area contributed by atoms with Crippen LogP contribution in [-0.2, 0) is 14.8 Å². The van der Waals surface area contributed by atoms with Gasteiger partial charge in [-0.15, -0.1) is 0 Å². The fraction of sp³-hybridized carbons (Fsp3) is 0.167. The van der Waals surface area contributed by atoms with Crippen LogP contribution in [0.4, 0.5) is 5.69 Å². The number of para-hydroxylation sites is 1. The van der Waals surface area contributed by atoms with Crippen LogP contribution < -0.4 is 5.32 Å². The van der Waals surface area contributed by atoms with Gasteiger partial charge in [0.2, 0.25) is 10.0 Å². The highest BCUT2D eigenvalue weighted by atomic mass is 32.2. The Morgan fingerprint density at radius 3 is 2.36 bits per heavy atom. The molecular weight excluding hydrogens is 510 g/mol. The molecule has 0 fully saturated rings. The number of hydrogen-bond donors (Lipinski definition) is 1. The summed E-state index contributed by atoms with van der Waals surface area (Å²) in [6, 6.07) is 25.2. The SMILES string of the molecule is CCN(CC)S(=O)(=O)c1cccc(-c2nn(-c3ccccc3)cc2C=C(C#N)C(=O)Nc2ccc(C)cc2)c1. The van der Waals surface area contributed by atoms with Crippen molar-refractivity contribution in [2.24, 2.45) is 0 Å². The van der Waals surface area contributed by atoms with Gasteiger partial charge in [-0.2, -0.15) is 14.7 Å². The zero-order valence-electron chi connectivity index (χ0n) is 22.0. The lowest BCUT2D eigenvalue weighted by Gasteiger charge is -2.18. The molecule has 4 rings (SSSR count). The maximum absolute atomic E-state index is 13.2. The number of benzene rings is 3. The molecule has 0 atom stereocenters. The van der Waals surface area contributed by atoms with Crippen LogP contribution in [0.15, 0.2) is 95.5 Å². The molecule has 1 aromatic heterocycles. The second-order valence-corrected chi connectivity index (χ2v) is 10.8. The van der Waals surface area contributed by atoms with Crippen molar-refractivity contribution in [3.8, 4) is 23.0 Å². The van der Waals surface area contributed by atoms with Gasteiger partial charge in [0.25, 0.3) is 5.91 Å². The Bertz CT molecular complexity index is 1650. The molecule has 0 unspecified atom stereocenters. The number of nitrogens with zero attached hydrogens (tertiary/aromatic N) is 4. The van der Waals surface area contributed by atoms with Gasteiger partial charge in [0.15, 0.2) is 0 Å². The van der Waals surface area contributed by atoms with Gasteiger partial charge in [-0.05, 0) is 49.4 Å². The van der Waals surface area contributed by atoms with Crippen molar-refractivity contribution in [3.63, 3.8) is 0 Å². The third-order valence-electron chi connectivity index (χ3n) is 6.19. The summed E-state index contributed by atoms with van der Waals surface area (Å²) in [5.41, 5.74) is 3.75. The summed E-state index contributed by atoms with van der Waals surface area (Å²) in [5.74, 6) is -0.558. The molecule has 3 aromatic carbocycles. The summed E-state index contributed by atoms with van der Waals surface area (Å²) in [7, 11) is -3.70. The highest BCUT2D eigenvalue weighted by Gasteiger charge is 2.23. The van der Waals surface area contributed by atoms with Crippen molar-refractivity contribution in [1.82, 2.24) is 14.1 Å². The Kier molecular flexibility index (Phi) is 8.39. The first kappa shape index (κ1) is 27.5. The lowest BCUT2D eigenvalue weighted by Crippen LogP contribution is -2.30. The van der Waals surface area contributed by atoms with Crippen molar-refractivity contribution < 1.29 is 13.2 Å². The fourth-order valence-electron chi connectivity index (χ4n) is 4.09. The number of carbonyl (C=O) groups excluding carboxylic acids is 1. The molecule has 9 heteroatoms. The third-order valence-corrected chi connectivity index (χ3v) is 8.23. The van der Waals surface area contributed by atoms with Crippen LogP contribution in [0.2, 0.25) is 0 Å². The first-order valence-electron chi connectivity index (χ1n) is 12.5. The van der Waals surface area contributed by atoms with Crippen molar-refractivity contribution >= 4 is 27.7 Å². The Hall–Kier alpha value is -4.52. The first-order valence-corrected chi connectivity index (χ1v) is 14.0. The summed E-state index contributed by atoms with van der Waals surface area (Å²) < 4.78 is 29.4. The van der Waals surface area contributed by atoms with E-state index in [1.807, 2.05) is 55.5 Å². The molecule has 0 aliphatic carbocycles. The average molecular weight is 540 g/mol. The van der Waals surface area contributed by atoms with Crippen molar-refractivity contribution in [1.29, 1.82) is 5.26 Å². The maximum Gasteiger partial charge on any atom is 0.266 e. The van der Waals surface area contributed by atoms with Crippen molar-refractivity contribution in [3.05, 3.63) is 102 Å². The number of anilines is 1. The Labute approximate surface area is 228 Å². The normalized spacial score (nSPS) is 11.8. The minimum Gasteiger partial charge on any atom is -0.321 e.